The Kier molecular flexibility index (Phi) is 4.35. The van der Waals surface area contributed by atoms with Crippen molar-refractivity contribution in [1.29, 1.82) is 5.26 Å². The maximum atomic E-state index is 14.1. The number of nitriles is 1. The van der Waals surface area contributed by atoms with Crippen molar-refractivity contribution in [1.82, 2.24) is 0 Å². The first kappa shape index (κ1) is 19.9. The van der Waals surface area contributed by atoms with Gasteiger partial charge in [-0.1, -0.05) is 0 Å². The summed E-state index contributed by atoms with van der Waals surface area (Å²) in [5.74, 6) is -12.2. The fourth-order valence-corrected chi connectivity index (χ4v) is 3.14. The second kappa shape index (κ2) is 6.10. The summed E-state index contributed by atoms with van der Waals surface area (Å²) in [7, 11) is 0. The molecule has 2 aromatic carbocycles. The number of rotatable bonds is 3. The molecule has 0 aromatic heterocycles. The molecule has 0 bridgehead atoms. The van der Waals surface area contributed by atoms with Crippen LogP contribution in [0.2, 0.25) is 0 Å². The zero-order chi connectivity index (χ0) is 21.1. The van der Waals surface area contributed by atoms with Gasteiger partial charge in [0.1, 0.15) is 17.3 Å². The molecule has 0 amide bonds. The highest BCUT2D eigenvalue weighted by Crippen LogP contribution is 2.62. The molecule has 0 spiro atoms. The van der Waals surface area contributed by atoms with Crippen LogP contribution >= 0.6 is 0 Å². The van der Waals surface area contributed by atoms with Gasteiger partial charge in [0.25, 0.3) is 6.43 Å². The Morgan fingerprint density at radius 1 is 1.11 bits per heavy atom. The topological polar surface area (TPSA) is 53.2 Å². The van der Waals surface area contributed by atoms with Gasteiger partial charge >= 0.3 is 11.8 Å². The number of aliphatic hydroxyl groups is 1. The number of fused-ring (bicyclic) bond motifs is 1. The van der Waals surface area contributed by atoms with Crippen molar-refractivity contribution in [2.24, 2.45) is 0 Å². The lowest BCUT2D eigenvalue weighted by atomic mass is 9.91. The van der Waals surface area contributed by atoms with E-state index in [9.17, 15) is 35.8 Å². The number of nitrogens with zero attached hydrogens (tertiary/aromatic N) is 1. The fraction of sp³-hybridized carbons (Fsp3) is 0.278. The van der Waals surface area contributed by atoms with Crippen LogP contribution in [-0.4, -0.2) is 11.0 Å². The molecule has 10 heteroatoms. The summed E-state index contributed by atoms with van der Waals surface area (Å²) in [6, 6.07) is 5.18. The number of halogens is 7. The van der Waals surface area contributed by atoms with E-state index in [1.807, 2.05) is 0 Å². The average Bonchev–Trinajstić information content (AvgIpc) is 2.69. The summed E-state index contributed by atoms with van der Waals surface area (Å²) >= 11 is 0. The van der Waals surface area contributed by atoms with Crippen molar-refractivity contribution < 1.29 is 40.6 Å². The summed E-state index contributed by atoms with van der Waals surface area (Å²) < 4.78 is 102. The lowest BCUT2D eigenvalue weighted by Crippen LogP contribution is -2.47. The first-order valence-electron chi connectivity index (χ1n) is 7.67. The Hall–Kier alpha value is -2.80. The first-order valence-corrected chi connectivity index (χ1v) is 7.67. The van der Waals surface area contributed by atoms with E-state index in [0.717, 1.165) is 18.2 Å². The van der Waals surface area contributed by atoms with Gasteiger partial charge in [0.05, 0.1) is 17.2 Å². The molecule has 28 heavy (non-hydrogen) atoms. The lowest BCUT2D eigenvalue weighted by Gasteiger charge is -2.29. The number of benzene rings is 2. The van der Waals surface area contributed by atoms with Crippen molar-refractivity contribution in [2.45, 2.75) is 30.8 Å². The van der Waals surface area contributed by atoms with Gasteiger partial charge < -0.3 is 9.84 Å². The molecule has 3 nitrogen and oxygen atoms in total. The van der Waals surface area contributed by atoms with E-state index in [-0.39, 0.29) is 5.56 Å². The van der Waals surface area contributed by atoms with E-state index >= 15 is 0 Å². The van der Waals surface area contributed by atoms with Gasteiger partial charge in [0, 0.05) is 17.2 Å². The molecule has 0 saturated heterocycles. The van der Waals surface area contributed by atoms with Gasteiger partial charge in [0.15, 0.2) is 5.60 Å². The minimum atomic E-state index is -5.06. The molecule has 2 aromatic rings. The highest BCUT2D eigenvalue weighted by Gasteiger charge is 2.75. The van der Waals surface area contributed by atoms with Crippen LogP contribution in [0.3, 0.4) is 0 Å². The van der Waals surface area contributed by atoms with Crippen LogP contribution in [0.5, 0.6) is 11.5 Å². The summed E-state index contributed by atoms with van der Waals surface area (Å²) in [6.07, 6.45) is -3.58. The maximum absolute atomic E-state index is 14.1. The smallest absolute Gasteiger partial charge is 0.346 e. The van der Waals surface area contributed by atoms with Gasteiger partial charge in [-0.2, -0.15) is 22.8 Å². The minimum Gasteiger partial charge on any atom is -0.457 e. The number of alkyl halides is 6. The fourth-order valence-electron chi connectivity index (χ4n) is 3.14. The molecule has 1 N–H and O–H groups in total. The van der Waals surface area contributed by atoms with Crippen LogP contribution in [0.4, 0.5) is 30.7 Å². The van der Waals surface area contributed by atoms with Gasteiger partial charge in [0.2, 0.25) is 0 Å². The standard InChI is InChI=1S/C18H10F7NO2/c1-16(27)14-11(17(22,23)18(16,24)25)2-3-12(13(14)15(20)21)28-10-5-8(7-26)4-9(19)6-10/h2-6,15,27H,1H3. The largest absolute Gasteiger partial charge is 0.457 e. The Morgan fingerprint density at radius 2 is 1.75 bits per heavy atom. The van der Waals surface area contributed by atoms with E-state index in [0.29, 0.717) is 19.1 Å². The summed E-state index contributed by atoms with van der Waals surface area (Å²) in [4.78, 5) is 0. The van der Waals surface area contributed by atoms with Crippen molar-refractivity contribution in [2.75, 3.05) is 0 Å². The minimum absolute atomic E-state index is 0.222. The molecule has 1 unspecified atom stereocenters. The van der Waals surface area contributed by atoms with Crippen LogP contribution in [-0.2, 0) is 11.5 Å². The predicted octanol–water partition coefficient (Wildman–Crippen LogP) is 5.38. The van der Waals surface area contributed by atoms with Gasteiger partial charge in [-0.25, -0.2) is 13.2 Å². The molecule has 0 fully saturated rings. The van der Waals surface area contributed by atoms with Gasteiger partial charge in [-0.3, -0.25) is 0 Å². The zero-order valence-corrected chi connectivity index (χ0v) is 13.9. The number of ether oxygens (including phenoxy) is 1. The van der Waals surface area contributed by atoms with Crippen molar-refractivity contribution in [3.05, 3.63) is 58.4 Å². The van der Waals surface area contributed by atoms with Crippen LogP contribution < -0.4 is 4.74 Å². The molecule has 1 aliphatic carbocycles. The van der Waals surface area contributed by atoms with Crippen molar-refractivity contribution >= 4 is 0 Å². The number of hydrogen-bond acceptors (Lipinski definition) is 3. The Labute approximate surface area is 153 Å². The first-order chi connectivity index (χ1) is 12.8. The van der Waals surface area contributed by atoms with Crippen LogP contribution in [0, 0.1) is 17.1 Å². The Bertz CT molecular complexity index is 996. The number of hydrogen-bond donors (Lipinski definition) is 1. The molecular formula is C18H10F7NO2. The van der Waals surface area contributed by atoms with Crippen LogP contribution in [0.25, 0.3) is 0 Å². The second-order valence-electron chi connectivity index (χ2n) is 6.31. The van der Waals surface area contributed by atoms with Crippen LogP contribution in [0.1, 0.15) is 35.6 Å². The van der Waals surface area contributed by atoms with E-state index < -0.39 is 57.9 Å². The lowest BCUT2D eigenvalue weighted by molar-refractivity contribution is -0.280. The second-order valence-corrected chi connectivity index (χ2v) is 6.31. The Balaban J connectivity index is 2.23. The third-order valence-electron chi connectivity index (χ3n) is 4.48. The highest BCUT2D eigenvalue weighted by molar-refractivity contribution is 5.56. The third kappa shape index (κ3) is 2.61. The molecule has 1 atom stereocenters. The molecule has 0 aliphatic heterocycles. The van der Waals surface area contributed by atoms with Crippen molar-refractivity contribution in [3.8, 4) is 17.6 Å². The summed E-state index contributed by atoms with van der Waals surface area (Å²) in [5.41, 5.74) is -8.02. The molecule has 0 heterocycles. The summed E-state index contributed by atoms with van der Waals surface area (Å²) in [6.45, 7) is 0.304. The maximum Gasteiger partial charge on any atom is 0.346 e. The van der Waals surface area contributed by atoms with Crippen molar-refractivity contribution in [3.63, 3.8) is 0 Å². The van der Waals surface area contributed by atoms with E-state index in [1.165, 1.54) is 0 Å². The monoisotopic (exact) mass is 405 g/mol. The van der Waals surface area contributed by atoms with Crippen LogP contribution in [0.15, 0.2) is 30.3 Å². The molecule has 148 valence electrons. The molecular weight excluding hydrogens is 395 g/mol. The van der Waals surface area contributed by atoms with E-state index in [4.69, 9.17) is 10.00 Å². The molecule has 0 radical (unpaired) electrons. The van der Waals surface area contributed by atoms with E-state index in [1.54, 1.807) is 6.07 Å². The Morgan fingerprint density at radius 3 is 2.32 bits per heavy atom. The average molecular weight is 405 g/mol. The van der Waals surface area contributed by atoms with Gasteiger partial charge in [-0.15, -0.1) is 0 Å². The normalized spacial score (nSPS) is 22.0. The molecule has 0 saturated carbocycles. The highest BCUT2D eigenvalue weighted by atomic mass is 19.3. The quantitative estimate of drug-likeness (QED) is 0.698. The summed E-state index contributed by atoms with van der Waals surface area (Å²) in [5, 5.41) is 18.8. The predicted molar refractivity (Wildman–Crippen MR) is 81.0 cm³/mol. The molecule has 3 rings (SSSR count). The SMILES string of the molecule is CC1(O)c2c(ccc(Oc3cc(F)cc(C#N)c3)c2C(F)F)C(F)(F)C1(F)F. The molecule has 1 aliphatic rings. The third-order valence-corrected chi connectivity index (χ3v) is 4.48. The van der Waals surface area contributed by atoms with Gasteiger partial charge in [-0.05, 0) is 31.2 Å². The van der Waals surface area contributed by atoms with E-state index in [2.05, 4.69) is 0 Å². The zero-order valence-electron chi connectivity index (χ0n) is 13.9.